The summed E-state index contributed by atoms with van der Waals surface area (Å²) in [5.74, 6) is 0.272. The van der Waals surface area contributed by atoms with Gasteiger partial charge in [0, 0.05) is 44.3 Å². The number of benzene rings is 2. The van der Waals surface area contributed by atoms with Crippen molar-refractivity contribution in [3.63, 3.8) is 0 Å². The van der Waals surface area contributed by atoms with Gasteiger partial charge >= 0.3 is 0 Å². The predicted octanol–water partition coefficient (Wildman–Crippen LogP) is 3.08. The lowest BCUT2D eigenvalue weighted by Crippen LogP contribution is -2.47. The molecule has 0 aromatic heterocycles. The Morgan fingerprint density at radius 2 is 1.79 bits per heavy atom. The second-order valence-electron chi connectivity index (χ2n) is 6.85. The van der Waals surface area contributed by atoms with Crippen LogP contribution in [0.1, 0.15) is 5.56 Å². The number of piperazine rings is 1. The van der Waals surface area contributed by atoms with Gasteiger partial charge in [-0.05, 0) is 35.9 Å². The average Bonchev–Trinajstić information content (AvgIpc) is 2.69. The van der Waals surface area contributed by atoms with Crippen LogP contribution >= 0.6 is 11.6 Å². The molecule has 1 fully saturated rings. The fourth-order valence-electron chi connectivity index (χ4n) is 3.22. The van der Waals surface area contributed by atoms with Gasteiger partial charge in [-0.25, -0.2) is 12.8 Å². The molecule has 0 saturated carbocycles. The van der Waals surface area contributed by atoms with E-state index in [2.05, 4.69) is 9.80 Å². The van der Waals surface area contributed by atoms with Crippen LogP contribution in [0.4, 0.5) is 4.39 Å². The van der Waals surface area contributed by atoms with Gasteiger partial charge in [-0.15, -0.1) is 0 Å². The van der Waals surface area contributed by atoms with Crippen molar-refractivity contribution in [3.8, 4) is 5.75 Å². The Labute approximate surface area is 170 Å². The molecule has 0 N–H and O–H groups in total. The molecule has 0 spiro atoms. The zero-order chi connectivity index (χ0) is 20.1. The first kappa shape index (κ1) is 21.0. The van der Waals surface area contributed by atoms with Crippen molar-refractivity contribution in [2.75, 3.05) is 45.6 Å². The zero-order valence-corrected chi connectivity index (χ0v) is 17.3. The standard InChI is InChI=1S/C20H24ClFN2O3S/c1-27-18-3-2-4-19(14-18)28(25,26)12-11-23-7-9-24(10-8-23)15-16-5-6-17(22)13-20(16)21/h2-6,13-14H,7-12,15H2,1H3. The lowest BCUT2D eigenvalue weighted by molar-refractivity contribution is 0.132. The van der Waals surface area contributed by atoms with E-state index in [1.165, 1.54) is 19.2 Å². The van der Waals surface area contributed by atoms with E-state index in [1.807, 2.05) is 0 Å². The molecule has 28 heavy (non-hydrogen) atoms. The van der Waals surface area contributed by atoms with Gasteiger partial charge in [-0.1, -0.05) is 23.7 Å². The first-order valence-corrected chi connectivity index (χ1v) is 11.2. The number of hydrogen-bond donors (Lipinski definition) is 0. The summed E-state index contributed by atoms with van der Waals surface area (Å²) in [6.45, 7) is 4.35. The first-order valence-electron chi connectivity index (χ1n) is 9.13. The Hall–Kier alpha value is -1.67. The Morgan fingerprint density at radius 3 is 2.46 bits per heavy atom. The highest BCUT2D eigenvalue weighted by Crippen LogP contribution is 2.21. The van der Waals surface area contributed by atoms with Crippen LogP contribution in [-0.2, 0) is 16.4 Å². The molecule has 0 radical (unpaired) electrons. The van der Waals surface area contributed by atoms with Gasteiger partial charge < -0.3 is 4.74 Å². The van der Waals surface area contributed by atoms with Gasteiger partial charge in [0.2, 0.25) is 0 Å². The van der Waals surface area contributed by atoms with Gasteiger partial charge in [0.05, 0.1) is 17.8 Å². The molecule has 1 heterocycles. The molecule has 8 heteroatoms. The Morgan fingerprint density at radius 1 is 1.07 bits per heavy atom. The highest BCUT2D eigenvalue weighted by atomic mass is 35.5. The van der Waals surface area contributed by atoms with Crippen LogP contribution in [0, 0.1) is 5.82 Å². The quantitative estimate of drug-likeness (QED) is 0.681. The second kappa shape index (κ2) is 9.22. The largest absolute Gasteiger partial charge is 0.497 e. The molecule has 5 nitrogen and oxygen atoms in total. The van der Waals surface area contributed by atoms with Crippen molar-refractivity contribution < 1.29 is 17.5 Å². The molecule has 152 valence electrons. The Kier molecular flexibility index (Phi) is 6.93. The third kappa shape index (κ3) is 5.44. The van der Waals surface area contributed by atoms with Gasteiger partial charge in [0.25, 0.3) is 0 Å². The minimum atomic E-state index is -3.35. The van der Waals surface area contributed by atoms with Gasteiger partial charge in [0.1, 0.15) is 11.6 Å². The molecular formula is C20H24ClFN2O3S. The lowest BCUT2D eigenvalue weighted by Gasteiger charge is -2.34. The number of nitrogens with zero attached hydrogens (tertiary/aromatic N) is 2. The van der Waals surface area contributed by atoms with Crippen molar-refractivity contribution in [2.45, 2.75) is 11.4 Å². The van der Waals surface area contributed by atoms with Crippen molar-refractivity contribution in [1.29, 1.82) is 0 Å². The fourth-order valence-corrected chi connectivity index (χ4v) is 4.77. The number of ether oxygens (including phenoxy) is 1. The van der Waals surface area contributed by atoms with Gasteiger partial charge in [-0.2, -0.15) is 0 Å². The molecule has 1 saturated heterocycles. The maximum atomic E-state index is 13.2. The summed E-state index contributed by atoms with van der Waals surface area (Å²) < 4.78 is 43.4. The highest BCUT2D eigenvalue weighted by molar-refractivity contribution is 7.91. The smallest absolute Gasteiger partial charge is 0.179 e. The molecule has 3 rings (SSSR count). The molecule has 2 aromatic carbocycles. The average molecular weight is 427 g/mol. The fraction of sp³-hybridized carbons (Fsp3) is 0.400. The number of sulfone groups is 1. The van der Waals surface area contributed by atoms with Crippen LogP contribution in [0.15, 0.2) is 47.4 Å². The van der Waals surface area contributed by atoms with E-state index < -0.39 is 9.84 Å². The predicted molar refractivity (Wildman–Crippen MR) is 108 cm³/mol. The van der Waals surface area contributed by atoms with Crippen molar-refractivity contribution in [3.05, 3.63) is 58.9 Å². The maximum absolute atomic E-state index is 13.2. The van der Waals surface area contributed by atoms with E-state index in [4.69, 9.17) is 16.3 Å². The summed E-state index contributed by atoms with van der Waals surface area (Å²) in [6.07, 6.45) is 0. The summed E-state index contributed by atoms with van der Waals surface area (Å²) in [4.78, 5) is 4.68. The molecule has 0 amide bonds. The topological polar surface area (TPSA) is 49.9 Å². The molecule has 1 aliphatic rings. The molecular weight excluding hydrogens is 403 g/mol. The normalized spacial score (nSPS) is 16.2. The van der Waals surface area contributed by atoms with Crippen LogP contribution < -0.4 is 4.74 Å². The molecule has 0 aliphatic carbocycles. The molecule has 1 aliphatic heterocycles. The Balaban J connectivity index is 1.50. The summed E-state index contributed by atoms with van der Waals surface area (Å²) in [6, 6.07) is 11.0. The minimum absolute atomic E-state index is 0.0734. The van der Waals surface area contributed by atoms with E-state index in [1.54, 1.807) is 30.3 Å². The summed E-state index contributed by atoms with van der Waals surface area (Å²) >= 11 is 6.10. The minimum Gasteiger partial charge on any atom is -0.497 e. The van der Waals surface area contributed by atoms with Gasteiger partial charge in [-0.3, -0.25) is 9.80 Å². The van der Waals surface area contributed by atoms with E-state index in [0.717, 1.165) is 31.7 Å². The second-order valence-corrected chi connectivity index (χ2v) is 9.37. The van der Waals surface area contributed by atoms with Crippen LogP contribution in [0.25, 0.3) is 0 Å². The number of methoxy groups -OCH3 is 1. The molecule has 0 atom stereocenters. The van der Waals surface area contributed by atoms with Gasteiger partial charge in [0.15, 0.2) is 9.84 Å². The summed E-state index contributed by atoms with van der Waals surface area (Å²) in [5.41, 5.74) is 0.900. The van der Waals surface area contributed by atoms with E-state index in [-0.39, 0.29) is 16.5 Å². The van der Waals surface area contributed by atoms with Crippen molar-refractivity contribution >= 4 is 21.4 Å². The maximum Gasteiger partial charge on any atom is 0.179 e. The van der Waals surface area contributed by atoms with Crippen LogP contribution in [0.5, 0.6) is 5.75 Å². The van der Waals surface area contributed by atoms with Crippen LogP contribution in [0.3, 0.4) is 0 Å². The molecule has 0 unspecified atom stereocenters. The first-order chi connectivity index (χ1) is 13.4. The van der Waals surface area contributed by atoms with Crippen molar-refractivity contribution in [1.82, 2.24) is 9.80 Å². The molecule has 0 bridgehead atoms. The van der Waals surface area contributed by atoms with E-state index in [9.17, 15) is 12.8 Å². The molecule has 2 aromatic rings. The van der Waals surface area contributed by atoms with Crippen molar-refractivity contribution in [2.24, 2.45) is 0 Å². The lowest BCUT2D eigenvalue weighted by atomic mass is 10.2. The number of rotatable bonds is 7. The highest BCUT2D eigenvalue weighted by Gasteiger charge is 2.21. The SMILES string of the molecule is COc1cccc(S(=O)(=O)CCN2CCN(Cc3ccc(F)cc3Cl)CC2)c1. The Bertz CT molecular complexity index is 915. The van der Waals surface area contributed by atoms with E-state index in [0.29, 0.717) is 23.9 Å². The van der Waals surface area contributed by atoms with E-state index >= 15 is 0 Å². The monoisotopic (exact) mass is 426 g/mol. The summed E-state index contributed by atoms with van der Waals surface area (Å²) in [7, 11) is -1.83. The van der Waals surface area contributed by atoms with Crippen LogP contribution in [-0.4, -0.2) is 63.8 Å². The third-order valence-corrected chi connectivity index (χ3v) is 6.99. The number of hydrogen-bond acceptors (Lipinski definition) is 5. The third-order valence-electron chi connectivity index (χ3n) is 4.95. The summed E-state index contributed by atoms with van der Waals surface area (Å²) in [5, 5.41) is 0.437. The number of halogens is 2. The zero-order valence-electron chi connectivity index (χ0n) is 15.8. The van der Waals surface area contributed by atoms with Crippen LogP contribution in [0.2, 0.25) is 5.02 Å².